The van der Waals surface area contributed by atoms with Gasteiger partial charge in [0, 0.05) is 6.42 Å². The average molecular weight is 382 g/mol. The highest BCUT2D eigenvalue weighted by atomic mass is 19.1. The van der Waals surface area contributed by atoms with E-state index < -0.39 is 42.5 Å². The Morgan fingerprint density at radius 3 is 2.48 bits per heavy atom. The van der Waals surface area contributed by atoms with Crippen LogP contribution in [0.25, 0.3) is 0 Å². The van der Waals surface area contributed by atoms with Gasteiger partial charge in [-0.25, -0.2) is 4.39 Å². The van der Waals surface area contributed by atoms with Crippen molar-refractivity contribution in [2.75, 3.05) is 13.3 Å². The summed E-state index contributed by atoms with van der Waals surface area (Å²) in [7, 11) is 0. The van der Waals surface area contributed by atoms with Gasteiger partial charge in [0.15, 0.2) is 0 Å². The van der Waals surface area contributed by atoms with E-state index >= 15 is 0 Å². The molecule has 0 aliphatic rings. The summed E-state index contributed by atoms with van der Waals surface area (Å²) in [6.07, 6.45) is -1.44. The first kappa shape index (κ1) is 22.6. The monoisotopic (exact) mass is 382 g/mol. The van der Waals surface area contributed by atoms with E-state index in [1.165, 1.54) is 0 Å². The minimum Gasteiger partial charge on any atom is -0.466 e. The Kier molecular flexibility index (Phi) is 10.0. The molecule has 4 N–H and O–H groups in total. The maximum absolute atomic E-state index is 12.9. The van der Waals surface area contributed by atoms with Gasteiger partial charge in [-0.2, -0.15) is 0 Å². The third kappa shape index (κ3) is 8.63. The average Bonchev–Trinajstić information content (AvgIpc) is 2.64. The zero-order valence-electron chi connectivity index (χ0n) is 15.4. The van der Waals surface area contributed by atoms with Crippen molar-refractivity contribution >= 4 is 17.8 Å². The number of aliphatic hydroxyl groups excluding tert-OH is 1. The summed E-state index contributed by atoms with van der Waals surface area (Å²) < 4.78 is 17.8. The molecule has 0 heterocycles. The zero-order chi connectivity index (χ0) is 20.2. The van der Waals surface area contributed by atoms with Crippen molar-refractivity contribution in [3.63, 3.8) is 0 Å². The van der Waals surface area contributed by atoms with Crippen LogP contribution in [-0.2, 0) is 25.5 Å². The number of ether oxygens (including phenoxy) is 1. The molecule has 0 radical (unpaired) electrons. The Bertz CT molecular complexity index is 611. The van der Waals surface area contributed by atoms with Crippen LogP contribution in [0.4, 0.5) is 4.39 Å². The van der Waals surface area contributed by atoms with Crippen LogP contribution in [0.5, 0.6) is 0 Å². The lowest BCUT2D eigenvalue weighted by Gasteiger charge is -2.25. The van der Waals surface area contributed by atoms with Crippen molar-refractivity contribution < 1.29 is 28.6 Å². The highest BCUT2D eigenvalue weighted by Gasteiger charge is 2.28. The summed E-state index contributed by atoms with van der Waals surface area (Å²) in [6.45, 7) is 0.785. The molecule has 1 aromatic carbocycles. The molecule has 0 fully saturated rings. The number of primary amides is 1. The summed E-state index contributed by atoms with van der Waals surface area (Å²) in [5.74, 6) is -2.41. The van der Waals surface area contributed by atoms with Crippen molar-refractivity contribution in [1.29, 1.82) is 0 Å². The number of rotatable bonds is 12. The molecule has 27 heavy (non-hydrogen) atoms. The van der Waals surface area contributed by atoms with Crippen LogP contribution in [-0.4, -0.2) is 48.3 Å². The van der Waals surface area contributed by atoms with E-state index in [2.05, 4.69) is 5.32 Å². The quantitative estimate of drug-likeness (QED) is 0.464. The SMILES string of the molecule is CCOC(=O)CC(Cc1ccccc1)C(=O)NC(CCC(N)=O)C(O)CF. The van der Waals surface area contributed by atoms with Crippen molar-refractivity contribution in [2.45, 2.75) is 44.8 Å². The van der Waals surface area contributed by atoms with E-state index in [4.69, 9.17) is 10.5 Å². The van der Waals surface area contributed by atoms with Crippen LogP contribution in [0.1, 0.15) is 31.7 Å². The molecule has 0 spiro atoms. The van der Waals surface area contributed by atoms with Crippen LogP contribution >= 0.6 is 0 Å². The van der Waals surface area contributed by atoms with E-state index in [0.29, 0.717) is 0 Å². The molecule has 150 valence electrons. The first-order chi connectivity index (χ1) is 12.9. The van der Waals surface area contributed by atoms with Crippen LogP contribution in [0.3, 0.4) is 0 Å². The predicted molar refractivity (Wildman–Crippen MR) is 97.2 cm³/mol. The molecule has 7 nitrogen and oxygen atoms in total. The lowest BCUT2D eigenvalue weighted by molar-refractivity contribution is -0.146. The number of nitrogens with two attached hydrogens (primary N) is 1. The van der Waals surface area contributed by atoms with E-state index in [1.54, 1.807) is 6.92 Å². The summed E-state index contributed by atoms with van der Waals surface area (Å²) in [5.41, 5.74) is 5.93. The van der Waals surface area contributed by atoms with E-state index in [-0.39, 0.29) is 32.3 Å². The molecular weight excluding hydrogens is 355 g/mol. The molecule has 0 aliphatic heterocycles. The van der Waals surface area contributed by atoms with Gasteiger partial charge in [-0.3, -0.25) is 14.4 Å². The molecule has 0 aromatic heterocycles. The van der Waals surface area contributed by atoms with Gasteiger partial charge in [0.2, 0.25) is 11.8 Å². The van der Waals surface area contributed by atoms with Gasteiger partial charge in [-0.05, 0) is 25.3 Å². The molecule has 3 atom stereocenters. The van der Waals surface area contributed by atoms with E-state index in [0.717, 1.165) is 5.56 Å². The first-order valence-electron chi connectivity index (χ1n) is 8.89. The van der Waals surface area contributed by atoms with Gasteiger partial charge in [0.05, 0.1) is 25.0 Å². The molecule has 0 saturated heterocycles. The number of carbonyl (C=O) groups excluding carboxylic acids is 3. The van der Waals surface area contributed by atoms with E-state index in [1.807, 2.05) is 30.3 Å². The maximum atomic E-state index is 12.9. The number of hydrogen-bond acceptors (Lipinski definition) is 5. The van der Waals surface area contributed by atoms with Gasteiger partial charge in [-0.15, -0.1) is 0 Å². The van der Waals surface area contributed by atoms with Crippen LogP contribution in [0, 0.1) is 5.92 Å². The molecule has 3 unspecified atom stereocenters. The fourth-order valence-electron chi connectivity index (χ4n) is 2.64. The van der Waals surface area contributed by atoms with Crippen molar-refractivity contribution in [1.82, 2.24) is 5.32 Å². The molecule has 1 rings (SSSR count). The first-order valence-corrected chi connectivity index (χ1v) is 8.89. The fourth-order valence-corrected chi connectivity index (χ4v) is 2.64. The third-order valence-corrected chi connectivity index (χ3v) is 4.07. The zero-order valence-corrected chi connectivity index (χ0v) is 15.4. The Hall–Kier alpha value is -2.48. The summed E-state index contributed by atoms with van der Waals surface area (Å²) in [4.78, 5) is 35.5. The van der Waals surface area contributed by atoms with Crippen LogP contribution in [0.15, 0.2) is 30.3 Å². The minimum absolute atomic E-state index is 0.00359. The molecule has 0 bridgehead atoms. The van der Waals surface area contributed by atoms with Crippen molar-refractivity contribution in [3.05, 3.63) is 35.9 Å². The third-order valence-electron chi connectivity index (χ3n) is 4.07. The number of halogens is 1. The second kappa shape index (κ2) is 12.0. The maximum Gasteiger partial charge on any atom is 0.306 e. The Labute approximate surface area is 158 Å². The number of aliphatic hydroxyl groups is 1. The van der Waals surface area contributed by atoms with Crippen molar-refractivity contribution in [3.8, 4) is 0 Å². The number of hydrogen-bond donors (Lipinski definition) is 3. The Balaban J connectivity index is 2.87. The number of esters is 1. The summed E-state index contributed by atoms with van der Waals surface area (Å²) in [5, 5.41) is 12.3. The summed E-state index contributed by atoms with van der Waals surface area (Å²) >= 11 is 0. The number of alkyl halides is 1. The van der Waals surface area contributed by atoms with Gasteiger partial charge in [0.25, 0.3) is 0 Å². The normalized spacial score (nSPS) is 14.0. The predicted octanol–water partition coefficient (Wildman–Crippen LogP) is 0.879. The lowest BCUT2D eigenvalue weighted by Crippen LogP contribution is -2.47. The lowest BCUT2D eigenvalue weighted by atomic mass is 9.94. The number of carbonyl (C=O) groups is 3. The number of nitrogens with one attached hydrogen (secondary N) is 1. The minimum atomic E-state index is -1.46. The second-order valence-electron chi connectivity index (χ2n) is 6.24. The topological polar surface area (TPSA) is 119 Å². The smallest absolute Gasteiger partial charge is 0.306 e. The number of amides is 2. The van der Waals surface area contributed by atoms with Crippen LogP contribution < -0.4 is 11.1 Å². The largest absolute Gasteiger partial charge is 0.466 e. The molecule has 2 amide bonds. The molecule has 1 aromatic rings. The molecule has 8 heteroatoms. The number of benzene rings is 1. The molecule has 0 aliphatic carbocycles. The van der Waals surface area contributed by atoms with Gasteiger partial charge >= 0.3 is 5.97 Å². The highest BCUT2D eigenvalue weighted by Crippen LogP contribution is 2.15. The molecule has 0 saturated carbocycles. The second-order valence-corrected chi connectivity index (χ2v) is 6.24. The highest BCUT2D eigenvalue weighted by molar-refractivity contribution is 5.84. The molecular formula is C19H27FN2O5. The Morgan fingerprint density at radius 2 is 1.93 bits per heavy atom. The van der Waals surface area contributed by atoms with E-state index in [9.17, 15) is 23.9 Å². The standard InChI is InChI=1S/C19H27FN2O5/c1-2-27-18(25)11-14(10-13-6-4-3-5-7-13)19(26)22-15(16(23)12-20)8-9-17(21)24/h3-7,14-16,23H,2,8-12H2,1H3,(H2,21,24)(H,22,26). The van der Waals surface area contributed by atoms with Gasteiger partial charge in [-0.1, -0.05) is 30.3 Å². The fraction of sp³-hybridized carbons (Fsp3) is 0.526. The van der Waals surface area contributed by atoms with Gasteiger partial charge < -0.3 is 20.9 Å². The van der Waals surface area contributed by atoms with Crippen molar-refractivity contribution in [2.24, 2.45) is 11.7 Å². The van der Waals surface area contributed by atoms with Gasteiger partial charge in [0.1, 0.15) is 12.8 Å². The van der Waals surface area contributed by atoms with Crippen LogP contribution in [0.2, 0.25) is 0 Å². The summed E-state index contributed by atoms with van der Waals surface area (Å²) in [6, 6.07) is 8.14. The Morgan fingerprint density at radius 1 is 1.26 bits per heavy atom.